The zero-order valence-electron chi connectivity index (χ0n) is 9.61. The van der Waals surface area contributed by atoms with E-state index < -0.39 is 0 Å². The Balaban J connectivity index is 2.26. The molecule has 2 rings (SSSR count). The van der Waals surface area contributed by atoms with Gasteiger partial charge in [-0.15, -0.1) is 0 Å². The number of oxime groups is 1. The maximum Gasteiger partial charge on any atom is 0.0902 e. The van der Waals surface area contributed by atoms with Gasteiger partial charge in [0.05, 0.1) is 5.71 Å². The summed E-state index contributed by atoms with van der Waals surface area (Å²) in [5.74, 6) is 0.382. The van der Waals surface area contributed by atoms with Crippen molar-refractivity contribution < 1.29 is 5.21 Å². The van der Waals surface area contributed by atoms with Gasteiger partial charge in [0.1, 0.15) is 0 Å². The lowest BCUT2D eigenvalue weighted by molar-refractivity contribution is 0.311. The Kier molecular flexibility index (Phi) is 3.57. The van der Waals surface area contributed by atoms with Crippen molar-refractivity contribution in [2.45, 2.75) is 19.8 Å². The first-order valence-electron chi connectivity index (χ1n) is 5.81. The number of benzene rings is 1. The summed E-state index contributed by atoms with van der Waals surface area (Å²) in [6.45, 7) is 4.08. The van der Waals surface area contributed by atoms with E-state index in [2.05, 4.69) is 23.5 Å². The zero-order chi connectivity index (χ0) is 11.4. The molecular weight excluding hydrogens is 200 g/mol. The molecule has 0 amide bonds. The fraction of sp³-hybridized carbons (Fsp3) is 0.462. The third-order valence-electron chi connectivity index (χ3n) is 3.25. The molecule has 0 radical (unpaired) electrons. The number of nitrogens with zero attached hydrogens (tertiary/aromatic N) is 1. The van der Waals surface area contributed by atoms with Gasteiger partial charge in [-0.05, 0) is 38.4 Å². The summed E-state index contributed by atoms with van der Waals surface area (Å²) >= 11 is 0. The minimum atomic E-state index is 0.382. The summed E-state index contributed by atoms with van der Waals surface area (Å²) in [6.07, 6.45) is 2.10. The summed E-state index contributed by atoms with van der Waals surface area (Å²) in [5.41, 5.74) is 3.10. The van der Waals surface area contributed by atoms with Crippen LogP contribution in [0.5, 0.6) is 0 Å². The van der Waals surface area contributed by atoms with E-state index >= 15 is 0 Å². The lowest BCUT2D eigenvalue weighted by Gasteiger charge is -2.24. The highest BCUT2D eigenvalue weighted by Crippen LogP contribution is 2.21. The van der Waals surface area contributed by atoms with Gasteiger partial charge >= 0.3 is 0 Å². The molecule has 0 bridgehead atoms. The van der Waals surface area contributed by atoms with Gasteiger partial charge in [0, 0.05) is 11.5 Å². The minimum Gasteiger partial charge on any atom is -0.411 e. The molecule has 1 aromatic carbocycles. The van der Waals surface area contributed by atoms with Crippen LogP contribution in [0.4, 0.5) is 0 Å². The van der Waals surface area contributed by atoms with Gasteiger partial charge in [0.2, 0.25) is 0 Å². The first kappa shape index (κ1) is 11.1. The minimum absolute atomic E-state index is 0.382. The van der Waals surface area contributed by atoms with Crippen LogP contribution in [-0.2, 0) is 0 Å². The average Bonchev–Trinajstić information content (AvgIpc) is 2.34. The Labute approximate surface area is 96.2 Å². The highest BCUT2D eigenvalue weighted by atomic mass is 16.4. The van der Waals surface area contributed by atoms with E-state index in [1.807, 2.05) is 18.2 Å². The smallest absolute Gasteiger partial charge is 0.0902 e. The molecule has 1 aliphatic heterocycles. The van der Waals surface area contributed by atoms with Crippen molar-refractivity contribution in [1.29, 1.82) is 0 Å². The molecule has 1 aliphatic rings. The lowest BCUT2D eigenvalue weighted by Crippen LogP contribution is -2.32. The summed E-state index contributed by atoms with van der Waals surface area (Å²) in [4.78, 5) is 0. The highest BCUT2D eigenvalue weighted by Gasteiger charge is 2.21. The number of hydrogen-bond donors (Lipinski definition) is 2. The van der Waals surface area contributed by atoms with E-state index in [1.54, 1.807) is 0 Å². The SMILES string of the molecule is Cc1ccccc1/C(=N\O)C1CCNCC1. The second-order valence-corrected chi connectivity index (χ2v) is 4.32. The number of hydrogen-bond acceptors (Lipinski definition) is 3. The van der Waals surface area contributed by atoms with Crippen molar-refractivity contribution in [3.8, 4) is 0 Å². The fourth-order valence-corrected chi connectivity index (χ4v) is 2.31. The van der Waals surface area contributed by atoms with Gasteiger partial charge in [0.25, 0.3) is 0 Å². The number of piperidine rings is 1. The molecule has 1 saturated heterocycles. The summed E-state index contributed by atoms with van der Waals surface area (Å²) < 4.78 is 0. The monoisotopic (exact) mass is 218 g/mol. The molecule has 1 heterocycles. The predicted molar refractivity (Wildman–Crippen MR) is 65.1 cm³/mol. The third-order valence-corrected chi connectivity index (χ3v) is 3.25. The number of nitrogens with one attached hydrogen (secondary N) is 1. The van der Waals surface area contributed by atoms with Crippen LogP contribution in [0.25, 0.3) is 0 Å². The molecule has 86 valence electrons. The summed E-state index contributed by atoms with van der Waals surface area (Å²) in [5, 5.41) is 16.1. The van der Waals surface area contributed by atoms with E-state index in [4.69, 9.17) is 0 Å². The highest BCUT2D eigenvalue weighted by molar-refractivity contribution is 6.03. The van der Waals surface area contributed by atoms with Crippen LogP contribution < -0.4 is 5.32 Å². The van der Waals surface area contributed by atoms with Crippen LogP contribution in [-0.4, -0.2) is 24.0 Å². The maximum absolute atomic E-state index is 9.22. The zero-order valence-corrected chi connectivity index (χ0v) is 9.61. The Bertz CT molecular complexity index is 381. The average molecular weight is 218 g/mol. The molecule has 0 aromatic heterocycles. The van der Waals surface area contributed by atoms with E-state index in [0.717, 1.165) is 37.2 Å². The first-order chi connectivity index (χ1) is 7.83. The van der Waals surface area contributed by atoms with Crippen LogP contribution in [0.15, 0.2) is 29.4 Å². The van der Waals surface area contributed by atoms with Gasteiger partial charge in [0.15, 0.2) is 0 Å². The van der Waals surface area contributed by atoms with E-state index in [9.17, 15) is 5.21 Å². The van der Waals surface area contributed by atoms with Crippen molar-refractivity contribution in [1.82, 2.24) is 5.32 Å². The van der Waals surface area contributed by atoms with Crippen molar-refractivity contribution in [2.75, 3.05) is 13.1 Å². The number of rotatable bonds is 2. The van der Waals surface area contributed by atoms with Crippen molar-refractivity contribution >= 4 is 5.71 Å². The van der Waals surface area contributed by atoms with Gasteiger partial charge in [-0.2, -0.15) is 0 Å². The van der Waals surface area contributed by atoms with E-state index in [1.165, 1.54) is 5.56 Å². The summed E-state index contributed by atoms with van der Waals surface area (Å²) in [6, 6.07) is 8.10. The van der Waals surface area contributed by atoms with E-state index in [-0.39, 0.29) is 0 Å². The van der Waals surface area contributed by atoms with Crippen molar-refractivity contribution in [3.05, 3.63) is 35.4 Å². The molecule has 1 aromatic rings. The Morgan fingerprint density at radius 3 is 2.62 bits per heavy atom. The lowest BCUT2D eigenvalue weighted by atomic mass is 9.87. The van der Waals surface area contributed by atoms with Crippen LogP contribution in [0.3, 0.4) is 0 Å². The fourth-order valence-electron chi connectivity index (χ4n) is 2.31. The van der Waals surface area contributed by atoms with Crippen molar-refractivity contribution in [3.63, 3.8) is 0 Å². The molecule has 0 spiro atoms. The van der Waals surface area contributed by atoms with Gasteiger partial charge in [-0.25, -0.2) is 0 Å². The predicted octanol–water partition coefficient (Wildman–Crippen LogP) is 2.17. The molecule has 0 saturated carbocycles. The molecule has 1 fully saturated rings. The Morgan fingerprint density at radius 1 is 1.31 bits per heavy atom. The summed E-state index contributed by atoms with van der Waals surface area (Å²) in [7, 11) is 0. The van der Waals surface area contributed by atoms with Crippen LogP contribution >= 0.6 is 0 Å². The van der Waals surface area contributed by atoms with Gasteiger partial charge in [-0.1, -0.05) is 29.4 Å². The second kappa shape index (κ2) is 5.12. The molecule has 2 N–H and O–H groups in total. The van der Waals surface area contributed by atoms with E-state index in [0.29, 0.717) is 5.92 Å². The Hall–Kier alpha value is -1.35. The molecule has 0 unspecified atom stereocenters. The normalized spacial score (nSPS) is 18.7. The third kappa shape index (κ3) is 2.25. The maximum atomic E-state index is 9.22. The first-order valence-corrected chi connectivity index (χ1v) is 5.81. The molecular formula is C13H18N2O. The van der Waals surface area contributed by atoms with Crippen molar-refractivity contribution in [2.24, 2.45) is 11.1 Å². The molecule has 0 aliphatic carbocycles. The second-order valence-electron chi connectivity index (χ2n) is 4.32. The number of aryl methyl sites for hydroxylation is 1. The molecule has 0 atom stereocenters. The van der Waals surface area contributed by atoms with Crippen LogP contribution in [0, 0.1) is 12.8 Å². The largest absolute Gasteiger partial charge is 0.411 e. The quantitative estimate of drug-likeness (QED) is 0.454. The van der Waals surface area contributed by atoms with Gasteiger partial charge in [-0.3, -0.25) is 0 Å². The molecule has 16 heavy (non-hydrogen) atoms. The topological polar surface area (TPSA) is 44.6 Å². The standard InChI is InChI=1S/C13H18N2O/c1-10-4-2-3-5-12(10)13(15-16)11-6-8-14-9-7-11/h2-5,11,14,16H,6-9H2,1H3/b15-13-. The van der Waals surface area contributed by atoms with Crippen LogP contribution in [0.2, 0.25) is 0 Å². The Morgan fingerprint density at radius 2 is 2.00 bits per heavy atom. The molecule has 3 heteroatoms. The van der Waals surface area contributed by atoms with Crippen LogP contribution in [0.1, 0.15) is 24.0 Å². The molecule has 3 nitrogen and oxygen atoms in total. The van der Waals surface area contributed by atoms with Gasteiger partial charge < -0.3 is 10.5 Å².